The first kappa shape index (κ1) is 21.7. The Balaban J connectivity index is 1.55. The van der Waals surface area contributed by atoms with Crippen molar-refractivity contribution >= 4 is 5.90 Å². The minimum atomic E-state index is -0.355. The van der Waals surface area contributed by atoms with Crippen LogP contribution in [0.5, 0.6) is 0 Å². The molecule has 0 bridgehead atoms. The van der Waals surface area contributed by atoms with Crippen molar-refractivity contribution in [1.82, 2.24) is 4.90 Å². The molecule has 0 amide bonds. The number of fused-ring (bicyclic) bond motifs is 1. The molecule has 0 fully saturated rings. The molecule has 33 heavy (non-hydrogen) atoms. The Morgan fingerprint density at radius 3 is 1.97 bits per heavy atom. The van der Waals surface area contributed by atoms with E-state index in [1.54, 1.807) is 0 Å². The lowest BCUT2D eigenvalue weighted by Gasteiger charge is -2.39. The molecule has 3 aromatic carbocycles. The van der Waals surface area contributed by atoms with Gasteiger partial charge in [0, 0.05) is 13.1 Å². The fraction of sp³-hybridized carbons (Fsp3) is 0.300. The van der Waals surface area contributed by atoms with E-state index in [4.69, 9.17) is 9.73 Å². The van der Waals surface area contributed by atoms with Crippen molar-refractivity contribution in [3.05, 3.63) is 119 Å². The molecule has 1 aliphatic carbocycles. The highest BCUT2D eigenvalue weighted by Crippen LogP contribution is 2.43. The lowest BCUT2D eigenvalue weighted by atomic mass is 9.73. The quantitative estimate of drug-likeness (QED) is 0.414. The zero-order chi connectivity index (χ0) is 22.9. The van der Waals surface area contributed by atoms with Gasteiger partial charge in [0.25, 0.3) is 0 Å². The van der Waals surface area contributed by atoms with Crippen LogP contribution in [-0.4, -0.2) is 22.9 Å². The van der Waals surface area contributed by atoms with Crippen LogP contribution in [0.15, 0.2) is 102 Å². The second-order valence-electron chi connectivity index (χ2n) is 9.99. The van der Waals surface area contributed by atoms with Crippen molar-refractivity contribution in [3.8, 4) is 0 Å². The Hall–Kier alpha value is -3.17. The van der Waals surface area contributed by atoms with E-state index in [1.807, 2.05) is 0 Å². The van der Waals surface area contributed by atoms with Crippen LogP contribution < -0.4 is 0 Å². The zero-order valence-electron chi connectivity index (χ0n) is 19.7. The van der Waals surface area contributed by atoms with Gasteiger partial charge in [0.1, 0.15) is 6.61 Å². The van der Waals surface area contributed by atoms with Gasteiger partial charge in [-0.2, -0.15) is 0 Å². The van der Waals surface area contributed by atoms with Gasteiger partial charge in [0.2, 0.25) is 0 Å². The van der Waals surface area contributed by atoms with Crippen LogP contribution in [0.2, 0.25) is 0 Å². The maximum atomic E-state index is 6.14. The van der Waals surface area contributed by atoms with Crippen LogP contribution in [0, 0.1) is 0 Å². The highest BCUT2D eigenvalue weighted by atomic mass is 16.5. The monoisotopic (exact) mass is 436 g/mol. The van der Waals surface area contributed by atoms with Crippen LogP contribution in [-0.2, 0) is 23.2 Å². The summed E-state index contributed by atoms with van der Waals surface area (Å²) in [6.45, 7) is 8.88. The van der Waals surface area contributed by atoms with E-state index in [0.717, 1.165) is 19.0 Å². The van der Waals surface area contributed by atoms with Gasteiger partial charge >= 0.3 is 0 Å². The lowest BCUT2D eigenvalue weighted by molar-refractivity contribution is 0.207. The Labute approximate surface area is 197 Å². The third-order valence-corrected chi connectivity index (χ3v) is 6.71. The van der Waals surface area contributed by atoms with Crippen molar-refractivity contribution in [2.45, 2.75) is 50.9 Å². The topological polar surface area (TPSA) is 24.8 Å². The molecule has 1 aliphatic heterocycles. The number of rotatable bonds is 6. The largest absolute Gasteiger partial charge is 0.478 e. The van der Waals surface area contributed by atoms with E-state index in [2.05, 4.69) is 123 Å². The van der Waals surface area contributed by atoms with Crippen LogP contribution >= 0.6 is 0 Å². The average Bonchev–Trinajstić information content (AvgIpc) is 3.21. The first-order valence-electron chi connectivity index (χ1n) is 11.8. The fourth-order valence-electron chi connectivity index (χ4n) is 4.95. The van der Waals surface area contributed by atoms with Gasteiger partial charge in [-0.25, -0.2) is 4.99 Å². The summed E-state index contributed by atoms with van der Waals surface area (Å²) in [6.07, 6.45) is 4.66. The van der Waals surface area contributed by atoms with Gasteiger partial charge in [0.15, 0.2) is 5.90 Å². The summed E-state index contributed by atoms with van der Waals surface area (Å²) in [7, 11) is 0. The first-order valence-corrected chi connectivity index (χ1v) is 11.8. The SMILES string of the molecule is CC1(C)COC([C@@]2(C)C=C[C@@H](N(Cc3ccccc3)Cc3ccccc3)c3ccccc32)=N1. The van der Waals surface area contributed by atoms with Crippen molar-refractivity contribution in [3.63, 3.8) is 0 Å². The molecule has 2 atom stereocenters. The third-order valence-electron chi connectivity index (χ3n) is 6.71. The number of nitrogens with zero attached hydrogens (tertiary/aromatic N) is 2. The summed E-state index contributed by atoms with van der Waals surface area (Å²) in [4.78, 5) is 7.51. The molecule has 3 heteroatoms. The maximum absolute atomic E-state index is 6.14. The second kappa shape index (κ2) is 8.64. The van der Waals surface area contributed by atoms with E-state index in [9.17, 15) is 0 Å². The summed E-state index contributed by atoms with van der Waals surface area (Å²) in [5, 5.41) is 0. The molecular formula is C30H32N2O. The molecule has 3 nitrogen and oxygen atoms in total. The van der Waals surface area contributed by atoms with Gasteiger partial charge in [-0.15, -0.1) is 0 Å². The molecule has 3 aromatic rings. The molecule has 0 saturated heterocycles. The Morgan fingerprint density at radius 1 is 0.818 bits per heavy atom. The van der Waals surface area contributed by atoms with E-state index < -0.39 is 0 Å². The summed E-state index contributed by atoms with van der Waals surface area (Å²) < 4.78 is 6.14. The van der Waals surface area contributed by atoms with Crippen LogP contribution in [0.25, 0.3) is 0 Å². The molecule has 0 aromatic heterocycles. The molecule has 2 aliphatic rings. The predicted molar refractivity (Wildman–Crippen MR) is 135 cm³/mol. The molecular weight excluding hydrogens is 404 g/mol. The number of hydrogen-bond acceptors (Lipinski definition) is 3. The molecule has 0 spiro atoms. The summed E-state index contributed by atoms with van der Waals surface area (Å²) in [5.74, 6) is 0.826. The van der Waals surface area contributed by atoms with Crippen molar-refractivity contribution in [2.75, 3.05) is 6.61 Å². The zero-order valence-corrected chi connectivity index (χ0v) is 19.7. The maximum Gasteiger partial charge on any atom is 0.198 e. The van der Waals surface area contributed by atoms with Crippen LogP contribution in [0.4, 0.5) is 0 Å². The highest BCUT2D eigenvalue weighted by molar-refractivity contribution is 5.92. The van der Waals surface area contributed by atoms with Crippen LogP contribution in [0.1, 0.15) is 49.1 Å². The first-order chi connectivity index (χ1) is 15.9. The second-order valence-corrected chi connectivity index (χ2v) is 9.99. The normalized spacial score (nSPS) is 23.2. The Morgan fingerprint density at radius 2 is 1.39 bits per heavy atom. The smallest absolute Gasteiger partial charge is 0.198 e. The molecule has 0 saturated carbocycles. The van der Waals surface area contributed by atoms with E-state index in [0.29, 0.717) is 6.61 Å². The summed E-state index contributed by atoms with van der Waals surface area (Å²) in [5.41, 5.74) is 4.71. The Bertz CT molecular complexity index is 1120. The van der Waals surface area contributed by atoms with Gasteiger partial charge < -0.3 is 4.74 Å². The highest BCUT2D eigenvalue weighted by Gasteiger charge is 2.43. The van der Waals surface area contributed by atoms with Gasteiger partial charge in [0.05, 0.1) is 17.0 Å². The van der Waals surface area contributed by atoms with Crippen molar-refractivity contribution in [2.24, 2.45) is 4.99 Å². The van der Waals surface area contributed by atoms with Gasteiger partial charge in [-0.3, -0.25) is 4.90 Å². The third kappa shape index (κ3) is 4.38. The number of aliphatic imine (C=N–C) groups is 1. The molecule has 5 rings (SSSR count). The summed E-state index contributed by atoms with van der Waals surface area (Å²) >= 11 is 0. The minimum Gasteiger partial charge on any atom is -0.478 e. The predicted octanol–water partition coefficient (Wildman–Crippen LogP) is 6.46. The number of ether oxygens (including phenoxy) is 1. The number of benzene rings is 3. The Kier molecular flexibility index (Phi) is 5.67. The standard InChI is InChI=1S/C30H32N2O/c1-29(2)22-33-28(31-29)30(3)19-18-27(25-16-10-11-17-26(25)30)32(20-23-12-6-4-7-13-23)21-24-14-8-5-9-15-24/h4-19,27H,20-22H2,1-3H3/t27-,30+/m1/s1. The van der Waals surface area contributed by atoms with Crippen molar-refractivity contribution in [1.29, 1.82) is 0 Å². The molecule has 0 radical (unpaired) electrons. The van der Waals surface area contributed by atoms with Crippen LogP contribution in [0.3, 0.4) is 0 Å². The van der Waals surface area contributed by atoms with E-state index in [-0.39, 0.29) is 17.0 Å². The van der Waals surface area contributed by atoms with Crippen molar-refractivity contribution < 1.29 is 4.74 Å². The minimum absolute atomic E-state index is 0.171. The molecule has 0 N–H and O–H groups in total. The average molecular weight is 437 g/mol. The number of hydrogen-bond donors (Lipinski definition) is 0. The van der Waals surface area contributed by atoms with Gasteiger partial charge in [-0.05, 0) is 43.0 Å². The van der Waals surface area contributed by atoms with E-state index >= 15 is 0 Å². The lowest BCUT2D eigenvalue weighted by Crippen LogP contribution is -2.38. The fourth-order valence-corrected chi connectivity index (χ4v) is 4.95. The molecule has 168 valence electrons. The molecule has 1 heterocycles. The molecule has 0 unspecified atom stereocenters. The van der Waals surface area contributed by atoms with E-state index in [1.165, 1.54) is 22.3 Å². The summed E-state index contributed by atoms with van der Waals surface area (Å²) in [6, 6.07) is 30.5. The van der Waals surface area contributed by atoms with Gasteiger partial charge in [-0.1, -0.05) is 97.1 Å².